The van der Waals surface area contributed by atoms with Crippen molar-refractivity contribution >= 4 is 11.8 Å². The first-order valence-corrected chi connectivity index (χ1v) is 6.09. The van der Waals surface area contributed by atoms with Crippen molar-refractivity contribution in [3.8, 4) is 0 Å². The van der Waals surface area contributed by atoms with Crippen molar-refractivity contribution in [3.05, 3.63) is 65.0 Å². The van der Waals surface area contributed by atoms with Gasteiger partial charge >= 0.3 is 6.09 Å². The van der Waals surface area contributed by atoms with Gasteiger partial charge in [0.05, 0.1) is 6.54 Å². The molecule has 110 valence electrons. The van der Waals surface area contributed by atoms with E-state index in [1.165, 1.54) is 0 Å². The highest BCUT2D eigenvalue weighted by atomic mass is 19.2. The van der Waals surface area contributed by atoms with Gasteiger partial charge in [0.1, 0.15) is 5.82 Å². The van der Waals surface area contributed by atoms with E-state index in [4.69, 9.17) is 0 Å². The van der Waals surface area contributed by atoms with E-state index in [9.17, 15) is 23.1 Å². The Morgan fingerprint density at radius 2 is 1.76 bits per heavy atom. The van der Waals surface area contributed by atoms with Crippen LogP contribution in [0, 0.1) is 24.4 Å². The highest BCUT2D eigenvalue weighted by Crippen LogP contribution is 2.21. The fourth-order valence-electron chi connectivity index (χ4n) is 1.92. The number of aryl methyl sites for hydroxylation is 1. The zero-order valence-electron chi connectivity index (χ0n) is 11.1. The lowest BCUT2D eigenvalue weighted by Gasteiger charge is -2.20. The number of benzene rings is 2. The second-order valence-electron chi connectivity index (χ2n) is 4.57. The molecule has 21 heavy (non-hydrogen) atoms. The molecule has 1 N–H and O–H groups in total. The summed E-state index contributed by atoms with van der Waals surface area (Å²) in [6.07, 6.45) is -1.32. The first-order valence-electron chi connectivity index (χ1n) is 6.09. The molecule has 0 aliphatic heterocycles. The molecule has 0 saturated heterocycles. The van der Waals surface area contributed by atoms with Crippen LogP contribution < -0.4 is 4.90 Å². The van der Waals surface area contributed by atoms with Crippen molar-refractivity contribution in [1.29, 1.82) is 0 Å². The van der Waals surface area contributed by atoms with Crippen LogP contribution in [-0.2, 0) is 6.54 Å². The summed E-state index contributed by atoms with van der Waals surface area (Å²) >= 11 is 0. The zero-order valence-corrected chi connectivity index (χ0v) is 11.1. The Bertz CT molecular complexity index is 689. The van der Waals surface area contributed by atoms with Crippen LogP contribution in [0.5, 0.6) is 0 Å². The average molecular weight is 295 g/mol. The summed E-state index contributed by atoms with van der Waals surface area (Å²) in [5.41, 5.74) is 0.911. The summed E-state index contributed by atoms with van der Waals surface area (Å²) in [4.78, 5) is 12.2. The Hall–Kier alpha value is -2.50. The third kappa shape index (κ3) is 3.34. The van der Waals surface area contributed by atoms with Crippen LogP contribution in [0.1, 0.15) is 11.1 Å². The topological polar surface area (TPSA) is 40.5 Å². The maximum atomic E-state index is 13.6. The largest absolute Gasteiger partial charge is 0.465 e. The molecule has 0 spiro atoms. The number of hydrogen-bond donors (Lipinski definition) is 1. The molecular formula is C15H12F3NO2. The Morgan fingerprint density at radius 1 is 1.10 bits per heavy atom. The quantitative estimate of drug-likeness (QED) is 0.866. The van der Waals surface area contributed by atoms with E-state index < -0.39 is 30.1 Å². The van der Waals surface area contributed by atoms with Gasteiger partial charge in [0.25, 0.3) is 0 Å². The SMILES string of the molecule is Cc1cccc(N(Cc2cc(F)c(F)cc2F)C(=O)O)c1. The summed E-state index contributed by atoms with van der Waals surface area (Å²) in [6, 6.07) is 7.64. The second kappa shape index (κ2) is 5.87. The van der Waals surface area contributed by atoms with Gasteiger partial charge in [-0.25, -0.2) is 18.0 Å². The van der Waals surface area contributed by atoms with Crippen LogP contribution in [0.4, 0.5) is 23.7 Å². The van der Waals surface area contributed by atoms with Crippen molar-refractivity contribution in [2.45, 2.75) is 13.5 Å². The number of hydrogen-bond acceptors (Lipinski definition) is 1. The maximum absolute atomic E-state index is 13.6. The monoisotopic (exact) mass is 295 g/mol. The van der Waals surface area contributed by atoms with E-state index in [1.54, 1.807) is 31.2 Å². The Labute approximate surface area is 119 Å². The van der Waals surface area contributed by atoms with Gasteiger partial charge in [0, 0.05) is 17.3 Å². The van der Waals surface area contributed by atoms with Crippen LogP contribution in [-0.4, -0.2) is 11.2 Å². The molecule has 0 saturated carbocycles. The molecule has 2 aromatic carbocycles. The third-order valence-corrected chi connectivity index (χ3v) is 2.96. The van der Waals surface area contributed by atoms with Crippen molar-refractivity contribution in [2.75, 3.05) is 4.90 Å². The van der Waals surface area contributed by atoms with Gasteiger partial charge in [-0.2, -0.15) is 0 Å². The number of nitrogens with zero attached hydrogens (tertiary/aromatic N) is 1. The maximum Gasteiger partial charge on any atom is 0.412 e. The van der Waals surface area contributed by atoms with Crippen LogP contribution >= 0.6 is 0 Å². The normalized spacial score (nSPS) is 10.5. The van der Waals surface area contributed by atoms with Gasteiger partial charge in [-0.15, -0.1) is 0 Å². The molecule has 0 aliphatic rings. The van der Waals surface area contributed by atoms with E-state index in [0.29, 0.717) is 17.8 Å². The summed E-state index contributed by atoms with van der Waals surface area (Å²) in [6.45, 7) is 1.36. The van der Waals surface area contributed by atoms with Gasteiger partial charge < -0.3 is 5.11 Å². The van der Waals surface area contributed by atoms with Crippen molar-refractivity contribution in [2.24, 2.45) is 0 Å². The molecule has 0 aliphatic carbocycles. The van der Waals surface area contributed by atoms with E-state index in [-0.39, 0.29) is 5.56 Å². The average Bonchev–Trinajstić information content (AvgIpc) is 2.41. The Morgan fingerprint density at radius 3 is 2.38 bits per heavy atom. The van der Waals surface area contributed by atoms with Crippen LogP contribution in [0.15, 0.2) is 36.4 Å². The van der Waals surface area contributed by atoms with Crippen molar-refractivity contribution in [3.63, 3.8) is 0 Å². The van der Waals surface area contributed by atoms with Crippen molar-refractivity contribution in [1.82, 2.24) is 0 Å². The lowest BCUT2D eigenvalue weighted by molar-refractivity contribution is 0.201. The number of anilines is 1. The number of carbonyl (C=O) groups is 1. The number of halogens is 3. The molecule has 2 aromatic rings. The van der Waals surface area contributed by atoms with Gasteiger partial charge in [0.15, 0.2) is 11.6 Å². The third-order valence-electron chi connectivity index (χ3n) is 2.96. The molecule has 0 heterocycles. The number of rotatable bonds is 3. The standard InChI is InChI=1S/C15H12F3NO2/c1-9-3-2-4-11(5-9)19(15(20)21)8-10-6-13(17)14(18)7-12(10)16/h2-7H,8H2,1H3,(H,20,21). The molecule has 2 rings (SSSR count). The summed E-state index contributed by atoms with van der Waals surface area (Å²) in [5, 5.41) is 9.23. The predicted molar refractivity (Wildman–Crippen MR) is 71.7 cm³/mol. The highest BCUT2D eigenvalue weighted by Gasteiger charge is 2.18. The second-order valence-corrected chi connectivity index (χ2v) is 4.57. The molecule has 3 nitrogen and oxygen atoms in total. The zero-order chi connectivity index (χ0) is 15.6. The molecular weight excluding hydrogens is 283 g/mol. The molecule has 1 amide bonds. The van der Waals surface area contributed by atoms with Crippen LogP contribution in [0.2, 0.25) is 0 Å². The number of carboxylic acid groups (broad SMARTS) is 1. The van der Waals surface area contributed by atoms with Gasteiger partial charge in [0.2, 0.25) is 0 Å². The first-order chi connectivity index (χ1) is 9.88. The van der Waals surface area contributed by atoms with Crippen LogP contribution in [0.3, 0.4) is 0 Å². The van der Waals surface area contributed by atoms with Gasteiger partial charge in [-0.3, -0.25) is 4.90 Å². The first kappa shape index (κ1) is 14.9. The van der Waals surface area contributed by atoms with E-state index in [2.05, 4.69) is 0 Å². The highest BCUT2D eigenvalue weighted by molar-refractivity contribution is 5.86. The predicted octanol–water partition coefficient (Wildman–Crippen LogP) is 4.10. The van der Waals surface area contributed by atoms with E-state index in [0.717, 1.165) is 10.5 Å². The molecule has 0 aromatic heterocycles. The van der Waals surface area contributed by atoms with Crippen molar-refractivity contribution < 1.29 is 23.1 Å². The summed E-state index contributed by atoms with van der Waals surface area (Å²) in [5.74, 6) is -3.53. The molecule has 0 atom stereocenters. The minimum absolute atomic E-state index is 0.238. The molecule has 0 fully saturated rings. The fourth-order valence-corrected chi connectivity index (χ4v) is 1.92. The Balaban J connectivity index is 2.38. The van der Waals surface area contributed by atoms with Crippen LogP contribution in [0.25, 0.3) is 0 Å². The summed E-state index contributed by atoms with van der Waals surface area (Å²) in [7, 11) is 0. The lowest BCUT2D eigenvalue weighted by atomic mass is 10.1. The van der Waals surface area contributed by atoms with Gasteiger partial charge in [-0.1, -0.05) is 12.1 Å². The summed E-state index contributed by atoms with van der Waals surface area (Å²) < 4.78 is 39.7. The smallest absolute Gasteiger partial charge is 0.412 e. The van der Waals surface area contributed by atoms with E-state index in [1.807, 2.05) is 0 Å². The van der Waals surface area contributed by atoms with E-state index >= 15 is 0 Å². The fraction of sp³-hybridized carbons (Fsp3) is 0.133. The minimum Gasteiger partial charge on any atom is -0.465 e. The minimum atomic E-state index is -1.32. The number of amides is 1. The lowest BCUT2D eigenvalue weighted by Crippen LogP contribution is -2.29. The molecule has 6 heteroatoms. The molecule has 0 radical (unpaired) electrons. The Kier molecular flexibility index (Phi) is 4.16. The van der Waals surface area contributed by atoms with Gasteiger partial charge in [-0.05, 0) is 30.7 Å². The molecule has 0 bridgehead atoms. The molecule has 0 unspecified atom stereocenters.